The molecule has 0 bridgehead atoms. The molecule has 0 atom stereocenters. The van der Waals surface area contributed by atoms with Crippen LogP contribution in [0.2, 0.25) is 10.0 Å². The highest BCUT2D eigenvalue weighted by atomic mass is 35.5. The molecule has 0 N–H and O–H groups in total. The molecule has 1 rings (SSSR count). The molecule has 0 aromatic heterocycles. The maximum Gasteiger partial charge on any atom is 0.292 e. The van der Waals surface area contributed by atoms with E-state index in [-0.39, 0.29) is 0 Å². The molecule has 56 valence electrons. The average Bonchev–Trinajstić information content (AvgIpc) is 1.85. The molecule has 0 aliphatic heterocycles. The number of hydrogen-bond acceptors (Lipinski definition) is 2. The van der Waals surface area contributed by atoms with E-state index < -0.39 is 0 Å². The fourth-order valence-corrected chi connectivity index (χ4v) is 1.15. The standard InChI is InChI=1S/C7H3Cl2NO/c8-5-1-6(9)3-7(2-5)11-4-10/h1-3H. The summed E-state index contributed by atoms with van der Waals surface area (Å²) in [5, 5.41) is 9.04. The van der Waals surface area contributed by atoms with Crippen molar-refractivity contribution < 1.29 is 4.74 Å². The Hall–Kier alpha value is -0.910. The third kappa shape index (κ3) is 2.30. The van der Waals surface area contributed by atoms with E-state index in [2.05, 4.69) is 4.74 Å². The van der Waals surface area contributed by atoms with Crippen molar-refractivity contribution in [3.63, 3.8) is 0 Å². The Kier molecular flexibility index (Phi) is 2.58. The molecule has 0 fully saturated rings. The van der Waals surface area contributed by atoms with Crippen LogP contribution in [-0.2, 0) is 0 Å². The van der Waals surface area contributed by atoms with Crippen molar-refractivity contribution in [2.75, 3.05) is 0 Å². The second-order valence-corrected chi connectivity index (χ2v) is 2.67. The first-order valence-corrected chi connectivity index (χ1v) is 3.50. The topological polar surface area (TPSA) is 33.0 Å². The third-order valence-corrected chi connectivity index (χ3v) is 1.44. The van der Waals surface area contributed by atoms with Crippen LogP contribution in [0.15, 0.2) is 18.2 Å². The van der Waals surface area contributed by atoms with Crippen molar-refractivity contribution in [2.45, 2.75) is 0 Å². The number of halogens is 2. The Labute approximate surface area is 73.9 Å². The molecule has 0 spiro atoms. The third-order valence-electron chi connectivity index (χ3n) is 1.000. The Morgan fingerprint density at radius 2 is 1.73 bits per heavy atom. The highest BCUT2D eigenvalue weighted by molar-refractivity contribution is 6.34. The summed E-state index contributed by atoms with van der Waals surface area (Å²) >= 11 is 11.2. The first kappa shape index (κ1) is 8.19. The number of benzene rings is 1. The molecule has 2 nitrogen and oxygen atoms in total. The Bertz CT molecular complexity index is 286. The van der Waals surface area contributed by atoms with Crippen LogP contribution in [0.5, 0.6) is 5.75 Å². The van der Waals surface area contributed by atoms with Crippen LogP contribution < -0.4 is 4.74 Å². The number of nitriles is 1. The van der Waals surface area contributed by atoms with Crippen LogP contribution in [0.1, 0.15) is 0 Å². The number of ether oxygens (including phenoxy) is 1. The van der Waals surface area contributed by atoms with Crippen LogP contribution in [-0.4, -0.2) is 0 Å². The normalized spacial score (nSPS) is 8.82. The lowest BCUT2D eigenvalue weighted by atomic mass is 10.3. The van der Waals surface area contributed by atoms with Crippen molar-refractivity contribution in [2.24, 2.45) is 0 Å². The summed E-state index contributed by atoms with van der Waals surface area (Å²) in [4.78, 5) is 0. The first-order valence-electron chi connectivity index (χ1n) is 2.74. The monoisotopic (exact) mass is 187 g/mol. The van der Waals surface area contributed by atoms with Crippen molar-refractivity contribution >= 4 is 23.2 Å². The van der Waals surface area contributed by atoms with E-state index in [1.54, 1.807) is 6.07 Å². The molecule has 0 radical (unpaired) electrons. The van der Waals surface area contributed by atoms with Gasteiger partial charge in [0.1, 0.15) is 5.75 Å². The summed E-state index contributed by atoms with van der Waals surface area (Å²) < 4.78 is 4.50. The summed E-state index contributed by atoms with van der Waals surface area (Å²) in [5.74, 6) is 0.352. The van der Waals surface area contributed by atoms with Gasteiger partial charge in [-0.3, -0.25) is 0 Å². The van der Waals surface area contributed by atoms with E-state index in [0.29, 0.717) is 15.8 Å². The molecular formula is C7H3Cl2NO. The summed E-state index contributed by atoms with van der Waals surface area (Å²) in [6, 6.07) is 4.58. The van der Waals surface area contributed by atoms with Crippen LogP contribution in [0.4, 0.5) is 0 Å². The quantitative estimate of drug-likeness (QED) is 0.634. The highest BCUT2D eigenvalue weighted by Crippen LogP contribution is 2.23. The zero-order valence-corrected chi connectivity index (χ0v) is 6.86. The smallest absolute Gasteiger partial charge is 0.292 e. The summed E-state index contributed by atoms with van der Waals surface area (Å²) in [6.45, 7) is 0. The summed E-state index contributed by atoms with van der Waals surface area (Å²) in [5.41, 5.74) is 0. The maximum atomic E-state index is 8.14. The van der Waals surface area contributed by atoms with Gasteiger partial charge in [-0.25, -0.2) is 0 Å². The highest BCUT2D eigenvalue weighted by Gasteiger charge is 1.97. The molecule has 0 heterocycles. The predicted molar refractivity (Wildman–Crippen MR) is 42.7 cm³/mol. The molecule has 0 unspecified atom stereocenters. The largest absolute Gasteiger partial charge is 0.388 e. The second-order valence-electron chi connectivity index (χ2n) is 1.80. The second kappa shape index (κ2) is 3.47. The van der Waals surface area contributed by atoms with Crippen LogP contribution in [0.25, 0.3) is 0 Å². The van der Waals surface area contributed by atoms with E-state index in [4.69, 9.17) is 28.5 Å². The zero-order chi connectivity index (χ0) is 8.27. The van der Waals surface area contributed by atoms with Gasteiger partial charge in [0.05, 0.1) is 0 Å². The van der Waals surface area contributed by atoms with Crippen molar-refractivity contribution in [3.05, 3.63) is 28.2 Å². The molecule has 1 aromatic rings. The van der Waals surface area contributed by atoms with E-state index in [1.165, 1.54) is 18.4 Å². The van der Waals surface area contributed by atoms with E-state index in [0.717, 1.165) is 0 Å². The minimum Gasteiger partial charge on any atom is -0.388 e. The van der Waals surface area contributed by atoms with Gasteiger partial charge in [-0.2, -0.15) is 0 Å². The van der Waals surface area contributed by atoms with Crippen LogP contribution >= 0.6 is 23.2 Å². The van der Waals surface area contributed by atoms with E-state index in [9.17, 15) is 0 Å². The minimum absolute atomic E-state index is 0.352. The van der Waals surface area contributed by atoms with Gasteiger partial charge < -0.3 is 4.74 Å². The molecular weight excluding hydrogens is 185 g/mol. The SMILES string of the molecule is N#COc1cc(Cl)cc(Cl)c1. The fourth-order valence-electron chi connectivity index (χ4n) is 0.640. The van der Waals surface area contributed by atoms with E-state index in [1.807, 2.05) is 0 Å². The van der Waals surface area contributed by atoms with Gasteiger partial charge in [0.2, 0.25) is 0 Å². The summed E-state index contributed by atoms with van der Waals surface area (Å²) in [7, 11) is 0. The molecule has 0 amide bonds. The number of nitrogens with zero attached hydrogens (tertiary/aromatic N) is 1. The van der Waals surface area contributed by atoms with Gasteiger partial charge in [-0.1, -0.05) is 23.2 Å². The van der Waals surface area contributed by atoms with Gasteiger partial charge >= 0.3 is 0 Å². The Morgan fingerprint density at radius 1 is 1.18 bits per heavy atom. The molecule has 0 aliphatic rings. The Balaban J connectivity index is 3.01. The lowest BCUT2D eigenvalue weighted by molar-refractivity contribution is 0.507. The van der Waals surface area contributed by atoms with Crippen molar-refractivity contribution in [1.82, 2.24) is 0 Å². The average molecular weight is 188 g/mol. The number of rotatable bonds is 1. The molecule has 0 saturated heterocycles. The predicted octanol–water partition coefficient (Wildman–Crippen LogP) is 2.85. The molecule has 0 saturated carbocycles. The lowest BCUT2D eigenvalue weighted by Gasteiger charge is -1.96. The van der Waals surface area contributed by atoms with Crippen molar-refractivity contribution in [1.29, 1.82) is 5.26 Å². The van der Waals surface area contributed by atoms with Crippen molar-refractivity contribution in [3.8, 4) is 12.0 Å². The van der Waals surface area contributed by atoms with Gasteiger partial charge in [0, 0.05) is 22.2 Å². The van der Waals surface area contributed by atoms with Gasteiger partial charge in [0.25, 0.3) is 6.26 Å². The molecule has 1 aromatic carbocycles. The zero-order valence-electron chi connectivity index (χ0n) is 5.34. The Morgan fingerprint density at radius 3 is 2.18 bits per heavy atom. The molecule has 0 aliphatic carbocycles. The first-order chi connectivity index (χ1) is 5.22. The van der Waals surface area contributed by atoms with E-state index >= 15 is 0 Å². The molecule has 4 heteroatoms. The fraction of sp³-hybridized carbons (Fsp3) is 0. The maximum absolute atomic E-state index is 8.14. The minimum atomic E-state index is 0.352. The number of hydrogen-bond donors (Lipinski definition) is 0. The summed E-state index contributed by atoms with van der Waals surface area (Å²) in [6.07, 6.45) is 1.52. The van der Waals surface area contributed by atoms with Gasteiger partial charge in [0.15, 0.2) is 0 Å². The lowest BCUT2D eigenvalue weighted by Crippen LogP contribution is -1.80. The van der Waals surface area contributed by atoms with Crippen LogP contribution in [0, 0.1) is 11.5 Å². The van der Waals surface area contributed by atoms with Gasteiger partial charge in [-0.05, 0) is 6.07 Å². The van der Waals surface area contributed by atoms with Crippen LogP contribution in [0.3, 0.4) is 0 Å². The van der Waals surface area contributed by atoms with Gasteiger partial charge in [-0.15, -0.1) is 5.26 Å². The molecule has 11 heavy (non-hydrogen) atoms.